The van der Waals surface area contributed by atoms with Gasteiger partial charge < -0.3 is 20.1 Å². The van der Waals surface area contributed by atoms with Crippen LogP contribution >= 0.6 is 23.2 Å². The fourth-order valence-electron chi connectivity index (χ4n) is 5.72. The molecule has 2 fully saturated rings. The second-order valence-corrected chi connectivity index (χ2v) is 10.7. The van der Waals surface area contributed by atoms with Gasteiger partial charge in [0, 0.05) is 29.1 Å². The van der Waals surface area contributed by atoms with Crippen molar-refractivity contribution in [3.05, 3.63) is 69.7 Å². The molecule has 2 aromatic rings. The van der Waals surface area contributed by atoms with Gasteiger partial charge in [-0.05, 0) is 48.2 Å². The van der Waals surface area contributed by atoms with Gasteiger partial charge in [0.25, 0.3) is 0 Å². The molecule has 2 aromatic carbocycles. The molecule has 2 aliphatic rings. The number of morpholine rings is 1. The number of amides is 1. The highest BCUT2D eigenvalue weighted by Gasteiger charge is 2.53. The molecule has 188 valence electrons. The van der Waals surface area contributed by atoms with Crippen LogP contribution in [0.1, 0.15) is 56.2 Å². The minimum Gasteiger partial charge on any atom is -0.481 e. The fraction of sp³-hybridized carbons (Fsp3) is 0.481. The Balaban J connectivity index is 1.89. The highest BCUT2D eigenvalue weighted by atomic mass is 35.5. The zero-order valence-corrected chi connectivity index (χ0v) is 21.6. The van der Waals surface area contributed by atoms with Gasteiger partial charge >= 0.3 is 5.97 Å². The van der Waals surface area contributed by atoms with E-state index in [9.17, 15) is 14.7 Å². The second-order valence-electron chi connectivity index (χ2n) is 9.79. The Kier molecular flexibility index (Phi) is 8.06. The molecule has 8 heteroatoms. The lowest BCUT2D eigenvalue weighted by atomic mass is 9.66. The topological polar surface area (TPSA) is 78.9 Å². The number of rotatable bonds is 7. The lowest BCUT2D eigenvalue weighted by Crippen LogP contribution is -2.61. The zero-order valence-electron chi connectivity index (χ0n) is 20.0. The van der Waals surface area contributed by atoms with Crippen LogP contribution in [0.2, 0.25) is 10.0 Å². The van der Waals surface area contributed by atoms with Crippen molar-refractivity contribution in [3.63, 3.8) is 0 Å². The van der Waals surface area contributed by atoms with Gasteiger partial charge in [0.15, 0.2) is 0 Å². The summed E-state index contributed by atoms with van der Waals surface area (Å²) in [5, 5.41) is 14.3. The third-order valence-corrected chi connectivity index (χ3v) is 7.78. The average Bonchev–Trinajstić information content (AvgIpc) is 2.83. The van der Waals surface area contributed by atoms with Crippen molar-refractivity contribution >= 4 is 35.1 Å². The summed E-state index contributed by atoms with van der Waals surface area (Å²) in [4.78, 5) is 28.1. The summed E-state index contributed by atoms with van der Waals surface area (Å²) < 4.78 is 6.13. The van der Waals surface area contributed by atoms with Crippen LogP contribution in [-0.4, -0.2) is 53.7 Å². The van der Waals surface area contributed by atoms with Gasteiger partial charge in [-0.25, -0.2) is 0 Å². The number of halogens is 2. The highest BCUT2D eigenvalue weighted by molar-refractivity contribution is 6.30. The van der Waals surface area contributed by atoms with E-state index in [1.54, 1.807) is 6.92 Å². The summed E-state index contributed by atoms with van der Waals surface area (Å²) in [7, 11) is 0. The van der Waals surface area contributed by atoms with E-state index in [0.717, 1.165) is 17.7 Å². The third kappa shape index (κ3) is 5.51. The van der Waals surface area contributed by atoms with E-state index >= 15 is 0 Å². The van der Waals surface area contributed by atoms with Crippen LogP contribution in [0.4, 0.5) is 0 Å². The first-order valence-corrected chi connectivity index (χ1v) is 12.9. The Labute approximate surface area is 216 Å². The maximum Gasteiger partial charge on any atom is 0.304 e. The lowest BCUT2D eigenvalue weighted by molar-refractivity contribution is -0.165. The molecule has 0 aromatic heterocycles. The Hall–Kier alpha value is -2.12. The summed E-state index contributed by atoms with van der Waals surface area (Å²) in [5.74, 6) is -1.30. The van der Waals surface area contributed by atoms with Crippen molar-refractivity contribution < 1.29 is 19.4 Å². The van der Waals surface area contributed by atoms with Gasteiger partial charge in [-0.15, -0.1) is 0 Å². The van der Waals surface area contributed by atoms with E-state index < -0.39 is 11.4 Å². The molecule has 4 rings (SSSR count). The number of aliphatic carboxylic acids is 1. The first kappa shape index (κ1) is 26.0. The van der Waals surface area contributed by atoms with Gasteiger partial charge in [-0.2, -0.15) is 0 Å². The van der Waals surface area contributed by atoms with Crippen LogP contribution in [-0.2, 0) is 14.3 Å². The van der Waals surface area contributed by atoms with E-state index in [0.29, 0.717) is 36.0 Å². The van der Waals surface area contributed by atoms with Crippen molar-refractivity contribution in [3.8, 4) is 0 Å². The standard InChI is InChI=1S/C27H32Cl2N2O4/c1-3-22(23-16-30-11-12-35-23)31-25(17-7-9-19(28)10-8-17)21(18-5-4-6-20(29)13-18)14-27(2,26(31)34)15-24(32)33/h4-10,13,21-23,25,30H,3,11-12,14-16H2,1-2H3,(H,32,33)/t21-,22+,23?,25-,27-/m1/s1. The number of hydrogen-bond donors (Lipinski definition) is 2. The van der Waals surface area contributed by atoms with Crippen LogP contribution in [0, 0.1) is 5.41 Å². The predicted octanol–water partition coefficient (Wildman–Crippen LogP) is 5.30. The molecule has 1 amide bonds. The normalized spacial score (nSPS) is 28.1. The molecule has 1 unspecified atom stereocenters. The highest BCUT2D eigenvalue weighted by Crippen LogP contribution is 2.52. The van der Waals surface area contributed by atoms with Gasteiger partial charge in [0.2, 0.25) is 5.91 Å². The first-order valence-electron chi connectivity index (χ1n) is 12.1. The second kappa shape index (κ2) is 10.9. The molecule has 5 atom stereocenters. The number of likely N-dealkylation sites (tertiary alicyclic amines) is 1. The molecule has 2 heterocycles. The molecule has 2 N–H and O–H groups in total. The largest absolute Gasteiger partial charge is 0.481 e. The third-order valence-electron chi connectivity index (χ3n) is 7.29. The van der Waals surface area contributed by atoms with E-state index in [1.165, 1.54) is 0 Å². The van der Waals surface area contributed by atoms with Crippen LogP contribution in [0.25, 0.3) is 0 Å². The Morgan fingerprint density at radius 2 is 1.94 bits per heavy atom. The number of carboxylic acid groups (broad SMARTS) is 1. The minimum atomic E-state index is -1.07. The minimum absolute atomic E-state index is 0.154. The molecule has 0 bridgehead atoms. The van der Waals surface area contributed by atoms with Gasteiger partial charge in [0.1, 0.15) is 0 Å². The summed E-state index contributed by atoms with van der Waals surface area (Å²) in [6, 6.07) is 14.7. The summed E-state index contributed by atoms with van der Waals surface area (Å²) in [5.41, 5.74) is 0.855. The number of hydrogen-bond acceptors (Lipinski definition) is 4. The van der Waals surface area contributed by atoms with Crippen LogP contribution < -0.4 is 5.32 Å². The number of carbonyl (C=O) groups is 2. The molecule has 0 spiro atoms. The molecule has 0 radical (unpaired) electrons. The van der Waals surface area contributed by atoms with E-state index in [1.807, 2.05) is 60.4 Å². The number of benzene rings is 2. The SMILES string of the molecule is CC[C@@H](C1CNCCO1)N1C(=O)[C@@](C)(CC(=O)O)C[C@H](c2cccc(Cl)c2)[C@H]1c1ccc(Cl)cc1. The van der Waals surface area contributed by atoms with Crippen molar-refractivity contribution in [1.82, 2.24) is 10.2 Å². The summed E-state index contributed by atoms with van der Waals surface area (Å²) >= 11 is 12.6. The maximum absolute atomic E-state index is 14.3. The Morgan fingerprint density at radius 1 is 1.20 bits per heavy atom. The van der Waals surface area contributed by atoms with Crippen molar-refractivity contribution in [2.24, 2.45) is 5.41 Å². The van der Waals surface area contributed by atoms with E-state index in [-0.39, 0.29) is 36.4 Å². The van der Waals surface area contributed by atoms with Crippen molar-refractivity contribution in [2.75, 3.05) is 19.7 Å². The van der Waals surface area contributed by atoms with Crippen LogP contribution in [0.3, 0.4) is 0 Å². The number of carbonyl (C=O) groups excluding carboxylic acids is 1. The zero-order chi connectivity index (χ0) is 25.2. The smallest absolute Gasteiger partial charge is 0.304 e. The number of nitrogens with zero attached hydrogens (tertiary/aromatic N) is 1. The fourth-order valence-corrected chi connectivity index (χ4v) is 6.04. The van der Waals surface area contributed by atoms with Gasteiger partial charge in [-0.1, -0.05) is 61.3 Å². The van der Waals surface area contributed by atoms with Crippen molar-refractivity contribution in [1.29, 1.82) is 0 Å². The summed E-state index contributed by atoms with van der Waals surface area (Å²) in [6.07, 6.45) is 0.628. The molecule has 2 aliphatic heterocycles. The molecule has 0 aliphatic carbocycles. The number of nitrogens with one attached hydrogen (secondary N) is 1. The van der Waals surface area contributed by atoms with Crippen LogP contribution in [0.5, 0.6) is 0 Å². The van der Waals surface area contributed by atoms with Gasteiger partial charge in [-0.3, -0.25) is 9.59 Å². The molecular formula is C27H32Cl2N2O4. The quantitative estimate of drug-likeness (QED) is 0.519. The number of carboxylic acids is 1. The Morgan fingerprint density at radius 3 is 2.54 bits per heavy atom. The first-order chi connectivity index (χ1) is 16.7. The van der Waals surface area contributed by atoms with Crippen molar-refractivity contribution in [2.45, 2.75) is 57.2 Å². The molecule has 0 saturated carbocycles. The molecule has 2 saturated heterocycles. The van der Waals surface area contributed by atoms with E-state index in [4.69, 9.17) is 27.9 Å². The molecule has 6 nitrogen and oxygen atoms in total. The maximum atomic E-state index is 14.3. The summed E-state index contributed by atoms with van der Waals surface area (Å²) in [6.45, 7) is 5.79. The number of ether oxygens (including phenoxy) is 1. The van der Waals surface area contributed by atoms with Gasteiger partial charge in [0.05, 0.1) is 36.6 Å². The lowest BCUT2D eigenvalue weighted by Gasteiger charge is -2.53. The average molecular weight is 519 g/mol. The molecular weight excluding hydrogens is 487 g/mol. The Bertz CT molecular complexity index is 1060. The van der Waals surface area contributed by atoms with Crippen LogP contribution in [0.15, 0.2) is 48.5 Å². The predicted molar refractivity (Wildman–Crippen MR) is 137 cm³/mol. The number of piperidine rings is 1. The monoisotopic (exact) mass is 518 g/mol. The molecule has 35 heavy (non-hydrogen) atoms. The van der Waals surface area contributed by atoms with E-state index in [2.05, 4.69) is 5.32 Å².